The number of halogens is 5. The quantitative estimate of drug-likeness (QED) is 0.860. The summed E-state index contributed by atoms with van der Waals surface area (Å²) in [6.07, 6.45) is -8.58. The topological polar surface area (TPSA) is 30.5 Å². The molecule has 1 saturated heterocycles. The normalized spacial score (nSPS) is 20.1. The standard InChI is InChI=1S/C13H14F5NO2/c14-12(15,16)13(17,18)21-10-5-3-4-9(8-10)20-11-6-1-2-7-19-11/h3-5,8,11,19H,1-2,6-7H2. The van der Waals surface area contributed by atoms with Gasteiger partial charge in [0.1, 0.15) is 17.7 Å². The molecule has 0 saturated carbocycles. The van der Waals surface area contributed by atoms with E-state index in [1.54, 1.807) is 0 Å². The molecule has 1 unspecified atom stereocenters. The van der Waals surface area contributed by atoms with Gasteiger partial charge in [-0.2, -0.15) is 22.0 Å². The van der Waals surface area contributed by atoms with Gasteiger partial charge in [-0.15, -0.1) is 0 Å². The third-order valence-corrected chi connectivity index (χ3v) is 2.92. The van der Waals surface area contributed by atoms with Crippen LogP contribution in [-0.2, 0) is 0 Å². The van der Waals surface area contributed by atoms with Crippen molar-refractivity contribution in [3.8, 4) is 11.5 Å². The van der Waals surface area contributed by atoms with E-state index in [-0.39, 0.29) is 12.0 Å². The number of rotatable bonds is 4. The Morgan fingerprint density at radius 3 is 2.38 bits per heavy atom. The average Bonchev–Trinajstić information content (AvgIpc) is 2.38. The van der Waals surface area contributed by atoms with Crippen LogP contribution >= 0.6 is 0 Å². The molecule has 1 fully saturated rings. The Hall–Kier alpha value is -1.57. The van der Waals surface area contributed by atoms with Gasteiger partial charge in [-0.3, -0.25) is 5.32 Å². The number of nitrogens with one attached hydrogen (secondary N) is 1. The van der Waals surface area contributed by atoms with Gasteiger partial charge in [-0.1, -0.05) is 6.07 Å². The van der Waals surface area contributed by atoms with E-state index in [1.165, 1.54) is 12.1 Å². The maximum absolute atomic E-state index is 12.8. The summed E-state index contributed by atoms with van der Waals surface area (Å²) < 4.78 is 71.1. The molecule has 0 amide bonds. The summed E-state index contributed by atoms with van der Waals surface area (Å²) in [4.78, 5) is 0. The molecule has 1 aromatic rings. The molecule has 1 atom stereocenters. The van der Waals surface area contributed by atoms with E-state index in [1.807, 2.05) is 0 Å². The molecule has 118 valence electrons. The first-order valence-electron chi connectivity index (χ1n) is 6.41. The molecule has 0 radical (unpaired) electrons. The van der Waals surface area contributed by atoms with Crippen molar-refractivity contribution in [2.24, 2.45) is 0 Å². The maximum Gasteiger partial charge on any atom is 0.499 e. The van der Waals surface area contributed by atoms with Crippen molar-refractivity contribution in [3.63, 3.8) is 0 Å². The first kappa shape index (κ1) is 15.8. The SMILES string of the molecule is FC(F)(F)C(F)(F)Oc1cccc(OC2CCCCN2)c1. The largest absolute Gasteiger partial charge is 0.499 e. The average molecular weight is 311 g/mol. The van der Waals surface area contributed by atoms with Crippen LogP contribution in [0, 0.1) is 0 Å². The van der Waals surface area contributed by atoms with Crippen molar-refractivity contribution >= 4 is 0 Å². The molecule has 2 rings (SSSR count). The van der Waals surface area contributed by atoms with Crippen LogP contribution in [0.3, 0.4) is 0 Å². The van der Waals surface area contributed by atoms with Crippen LogP contribution in [0.4, 0.5) is 22.0 Å². The van der Waals surface area contributed by atoms with Gasteiger partial charge in [-0.05, 0) is 37.9 Å². The lowest BCUT2D eigenvalue weighted by Gasteiger charge is -2.25. The van der Waals surface area contributed by atoms with Crippen LogP contribution in [0.1, 0.15) is 19.3 Å². The molecule has 0 spiro atoms. The highest BCUT2D eigenvalue weighted by Crippen LogP contribution is 2.37. The van der Waals surface area contributed by atoms with E-state index in [4.69, 9.17) is 4.74 Å². The van der Waals surface area contributed by atoms with Crippen LogP contribution in [0.2, 0.25) is 0 Å². The van der Waals surface area contributed by atoms with Gasteiger partial charge in [0.25, 0.3) is 0 Å². The van der Waals surface area contributed by atoms with Crippen LogP contribution < -0.4 is 14.8 Å². The Morgan fingerprint density at radius 1 is 1.05 bits per heavy atom. The van der Waals surface area contributed by atoms with Crippen molar-refractivity contribution in [2.45, 2.75) is 37.8 Å². The molecule has 0 aromatic heterocycles. The fourth-order valence-corrected chi connectivity index (χ4v) is 1.90. The minimum Gasteiger partial charge on any atom is -0.475 e. The lowest BCUT2D eigenvalue weighted by atomic mass is 10.1. The zero-order valence-electron chi connectivity index (χ0n) is 10.9. The molecule has 0 aliphatic carbocycles. The molecule has 8 heteroatoms. The predicted molar refractivity (Wildman–Crippen MR) is 64.3 cm³/mol. The maximum atomic E-state index is 12.8. The molecule has 21 heavy (non-hydrogen) atoms. The van der Waals surface area contributed by atoms with Gasteiger partial charge < -0.3 is 9.47 Å². The molecule has 1 N–H and O–H groups in total. The Morgan fingerprint density at radius 2 is 1.76 bits per heavy atom. The van der Waals surface area contributed by atoms with E-state index in [0.717, 1.165) is 37.9 Å². The van der Waals surface area contributed by atoms with Crippen LogP contribution in [0.5, 0.6) is 11.5 Å². The highest BCUT2D eigenvalue weighted by atomic mass is 19.4. The summed E-state index contributed by atoms with van der Waals surface area (Å²) in [7, 11) is 0. The fourth-order valence-electron chi connectivity index (χ4n) is 1.90. The fraction of sp³-hybridized carbons (Fsp3) is 0.538. The third kappa shape index (κ3) is 4.20. The molecule has 1 aromatic carbocycles. The number of benzene rings is 1. The monoisotopic (exact) mass is 311 g/mol. The molecule has 1 aliphatic heterocycles. The number of hydrogen-bond donors (Lipinski definition) is 1. The molecule has 1 aliphatic rings. The Labute approximate surface area is 118 Å². The number of alkyl halides is 5. The summed E-state index contributed by atoms with van der Waals surface area (Å²) in [5.41, 5.74) is 0. The summed E-state index contributed by atoms with van der Waals surface area (Å²) in [6, 6.07) is 4.78. The van der Waals surface area contributed by atoms with Gasteiger partial charge in [-0.25, -0.2) is 0 Å². The zero-order valence-corrected chi connectivity index (χ0v) is 10.9. The van der Waals surface area contributed by atoms with Crippen molar-refractivity contribution < 1.29 is 31.4 Å². The first-order valence-corrected chi connectivity index (χ1v) is 6.41. The smallest absolute Gasteiger partial charge is 0.475 e. The zero-order chi connectivity index (χ0) is 15.5. The van der Waals surface area contributed by atoms with E-state index in [0.29, 0.717) is 0 Å². The number of hydrogen-bond acceptors (Lipinski definition) is 3. The second-order valence-corrected chi connectivity index (χ2v) is 4.65. The summed E-state index contributed by atoms with van der Waals surface area (Å²) >= 11 is 0. The highest BCUT2D eigenvalue weighted by Gasteiger charge is 2.61. The molecule has 3 nitrogen and oxygen atoms in total. The van der Waals surface area contributed by atoms with E-state index in [2.05, 4.69) is 10.1 Å². The van der Waals surface area contributed by atoms with Crippen LogP contribution in [0.25, 0.3) is 0 Å². The molecule has 0 bridgehead atoms. The summed E-state index contributed by atoms with van der Waals surface area (Å²) in [6.45, 7) is 0.771. The third-order valence-electron chi connectivity index (χ3n) is 2.92. The van der Waals surface area contributed by atoms with Crippen molar-refractivity contribution in [2.75, 3.05) is 6.54 Å². The highest BCUT2D eigenvalue weighted by molar-refractivity contribution is 5.33. The van der Waals surface area contributed by atoms with Gasteiger partial charge >= 0.3 is 12.3 Å². The Bertz CT molecular complexity index is 472. The lowest BCUT2D eigenvalue weighted by molar-refractivity contribution is -0.360. The van der Waals surface area contributed by atoms with E-state index < -0.39 is 18.0 Å². The Balaban J connectivity index is 2.03. The van der Waals surface area contributed by atoms with Crippen molar-refractivity contribution in [1.29, 1.82) is 0 Å². The summed E-state index contributed by atoms with van der Waals surface area (Å²) in [5.74, 6) is -0.435. The summed E-state index contributed by atoms with van der Waals surface area (Å²) in [5, 5.41) is 3.07. The predicted octanol–water partition coefficient (Wildman–Crippen LogP) is 3.70. The Kier molecular flexibility index (Phi) is 4.55. The second-order valence-electron chi connectivity index (χ2n) is 4.65. The molecular weight excluding hydrogens is 297 g/mol. The lowest BCUT2D eigenvalue weighted by Crippen LogP contribution is -2.41. The van der Waals surface area contributed by atoms with Gasteiger partial charge in [0, 0.05) is 6.07 Å². The minimum absolute atomic E-state index is 0.171. The van der Waals surface area contributed by atoms with E-state index >= 15 is 0 Å². The van der Waals surface area contributed by atoms with Gasteiger partial charge in [0.05, 0.1) is 0 Å². The number of ether oxygens (including phenoxy) is 2. The van der Waals surface area contributed by atoms with Crippen LogP contribution in [-0.4, -0.2) is 25.1 Å². The first-order chi connectivity index (χ1) is 9.78. The van der Waals surface area contributed by atoms with Gasteiger partial charge in [0.2, 0.25) is 0 Å². The minimum atomic E-state index is -5.77. The van der Waals surface area contributed by atoms with Gasteiger partial charge in [0.15, 0.2) is 0 Å². The van der Waals surface area contributed by atoms with E-state index in [9.17, 15) is 22.0 Å². The van der Waals surface area contributed by atoms with Crippen LogP contribution in [0.15, 0.2) is 24.3 Å². The second kappa shape index (κ2) is 6.05. The number of piperidine rings is 1. The molecular formula is C13H14F5NO2. The molecule has 1 heterocycles. The van der Waals surface area contributed by atoms with Crippen molar-refractivity contribution in [3.05, 3.63) is 24.3 Å². The van der Waals surface area contributed by atoms with Crippen molar-refractivity contribution in [1.82, 2.24) is 5.32 Å².